The lowest BCUT2D eigenvalue weighted by molar-refractivity contribution is -0.228. The molecule has 304 valence electrons. The number of hydrogen-bond donors (Lipinski definition) is 2. The Balaban J connectivity index is 1.05. The van der Waals surface area contributed by atoms with Crippen LogP contribution in [0.3, 0.4) is 0 Å². The predicted molar refractivity (Wildman–Crippen MR) is 221 cm³/mol. The van der Waals surface area contributed by atoms with E-state index in [0.717, 1.165) is 38.8 Å². The molecule has 0 amide bonds. The molecule has 2 unspecified atom stereocenters. The molecule has 1 heterocycles. The van der Waals surface area contributed by atoms with E-state index in [9.17, 15) is 18.3 Å². The third-order valence-corrected chi connectivity index (χ3v) is 20.8. The quantitative estimate of drug-likeness (QED) is 0.133. The van der Waals surface area contributed by atoms with Gasteiger partial charge in [0.1, 0.15) is 0 Å². The fraction of sp³-hybridized carbons (Fsp3) is 0.766. The smallest absolute Gasteiger partial charge is 0.337 e. The first-order valence-electron chi connectivity index (χ1n) is 21.8. The number of carbonyl (C=O) groups is 1. The summed E-state index contributed by atoms with van der Waals surface area (Å²) in [6, 6.07) is 8.07. The Kier molecular flexibility index (Phi) is 9.99. The third kappa shape index (κ3) is 5.93. The molecule has 0 bridgehead atoms. The summed E-state index contributed by atoms with van der Waals surface area (Å²) in [5.41, 5.74) is 5.29. The number of hydrogen-bond acceptors (Lipinski definition) is 7. The molecule has 2 N–H and O–H groups in total. The fourth-order valence-corrected chi connectivity index (χ4v) is 18.1. The van der Waals surface area contributed by atoms with Crippen molar-refractivity contribution in [2.24, 2.45) is 63.1 Å². The van der Waals surface area contributed by atoms with Gasteiger partial charge in [-0.05, 0) is 157 Å². The van der Waals surface area contributed by atoms with E-state index in [0.29, 0.717) is 65.8 Å². The van der Waals surface area contributed by atoms with Gasteiger partial charge in [0.05, 0.1) is 30.3 Å². The van der Waals surface area contributed by atoms with Crippen LogP contribution in [0, 0.1) is 63.1 Å². The normalized spacial score (nSPS) is 43.3. The minimum absolute atomic E-state index is 0.0121. The van der Waals surface area contributed by atoms with Crippen LogP contribution in [-0.2, 0) is 14.6 Å². The van der Waals surface area contributed by atoms with Crippen molar-refractivity contribution < 1.29 is 23.1 Å². The number of β-amino-alcohol motifs (C(OH)–C–C–N with tert-alkyl or cyclic N) is 1. The molecule has 0 spiro atoms. The van der Waals surface area contributed by atoms with Crippen molar-refractivity contribution in [3.8, 4) is 0 Å². The highest BCUT2D eigenvalue weighted by Gasteiger charge is 2.71. The number of fused-ring (bicyclic) bond motifs is 8. The van der Waals surface area contributed by atoms with E-state index in [4.69, 9.17) is 4.74 Å². The molecule has 7 nitrogen and oxygen atoms in total. The number of aliphatic hydroxyl groups is 1. The molecule has 8 heteroatoms. The number of aliphatic hydroxyl groups excluding tert-OH is 1. The van der Waals surface area contributed by atoms with Gasteiger partial charge in [-0.25, -0.2) is 13.2 Å². The van der Waals surface area contributed by atoms with Crippen molar-refractivity contribution in [2.45, 2.75) is 117 Å². The summed E-state index contributed by atoms with van der Waals surface area (Å²) in [5.74, 6) is 3.71. The third-order valence-electron chi connectivity index (χ3n) is 18.5. The summed E-state index contributed by atoms with van der Waals surface area (Å²) >= 11 is 0. The molecule has 55 heavy (non-hydrogen) atoms. The number of nitrogens with zero attached hydrogens (tertiary/aromatic N) is 1. The van der Waals surface area contributed by atoms with Crippen LogP contribution in [0.2, 0.25) is 0 Å². The molecule has 6 fully saturated rings. The Labute approximate surface area is 332 Å². The number of benzene rings is 1. The maximum absolute atomic E-state index is 12.8. The van der Waals surface area contributed by atoms with Gasteiger partial charge in [0.25, 0.3) is 0 Å². The molecule has 1 saturated heterocycles. The molecule has 8 rings (SSSR count). The minimum Gasteiger partial charge on any atom is -0.465 e. The number of methoxy groups -OCH3 is 1. The van der Waals surface area contributed by atoms with Crippen molar-refractivity contribution >= 4 is 21.4 Å². The highest BCUT2D eigenvalue weighted by atomic mass is 32.2. The van der Waals surface area contributed by atoms with Crippen LogP contribution in [0.5, 0.6) is 0 Å². The van der Waals surface area contributed by atoms with Gasteiger partial charge in [0.2, 0.25) is 0 Å². The Morgan fingerprint density at radius 2 is 1.71 bits per heavy atom. The van der Waals surface area contributed by atoms with Crippen molar-refractivity contribution in [1.29, 1.82) is 0 Å². The van der Waals surface area contributed by atoms with Crippen LogP contribution in [-0.4, -0.2) is 80.8 Å². The van der Waals surface area contributed by atoms with E-state index in [1.54, 1.807) is 0 Å². The first kappa shape index (κ1) is 39.8. The van der Waals surface area contributed by atoms with E-state index in [1.165, 1.54) is 62.3 Å². The van der Waals surface area contributed by atoms with Crippen LogP contribution in [0.4, 0.5) is 0 Å². The second-order valence-corrected chi connectivity index (χ2v) is 23.1. The number of esters is 1. The average Bonchev–Trinajstić information content (AvgIpc) is 3.66. The molecular weight excluding hydrogens is 705 g/mol. The van der Waals surface area contributed by atoms with Gasteiger partial charge in [-0.1, -0.05) is 65.0 Å². The molecule has 0 aromatic heterocycles. The van der Waals surface area contributed by atoms with Crippen LogP contribution in [0.1, 0.15) is 122 Å². The molecule has 12 atom stereocenters. The molecule has 6 aliphatic carbocycles. The van der Waals surface area contributed by atoms with E-state index in [-0.39, 0.29) is 45.0 Å². The Hall–Kier alpha value is -2.00. The summed E-state index contributed by atoms with van der Waals surface area (Å²) in [6.07, 6.45) is 14.5. The van der Waals surface area contributed by atoms with E-state index < -0.39 is 9.84 Å². The Bertz CT molecular complexity index is 1820. The highest BCUT2D eigenvalue weighted by Crippen LogP contribution is 2.77. The van der Waals surface area contributed by atoms with Gasteiger partial charge >= 0.3 is 5.97 Å². The number of nitrogens with one attached hydrogen (secondary N) is 1. The van der Waals surface area contributed by atoms with Crippen LogP contribution < -0.4 is 5.32 Å². The molecule has 1 aliphatic heterocycles. The van der Waals surface area contributed by atoms with Crippen molar-refractivity contribution in [2.75, 3.05) is 45.6 Å². The number of allylic oxidation sites excluding steroid dienone is 3. The second kappa shape index (κ2) is 13.8. The van der Waals surface area contributed by atoms with Crippen molar-refractivity contribution in [3.63, 3.8) is 0 Å². The summed E-state index contributed by atoms with van der Waals surface area (Å²) in [4.78, 5) is 14.9. The predicted octanol–water partition coefficient (Wildman–Crippen LogP) is 8.19. The van der Waals surface area contributed by atoms with Crippen LogP contribution in [0.15, 0.2) is 42.5 Å². The van der Waals surface area contributed by atoms with Crippen LogP contribution >= 0.6 is 0 Å². The first-order valence-corrected chi connectivity index (χ1v) is 23.5. The monoisotopic (exact) mass is 775 g/mol. The van der Waals surface area contributed by atoms with Gasteiger partial charge in [-0.2, -0.15) is 0 Å². The molecule has 0 radical (unpaired) electrons. The first-order chi connectivity index (χ1) is 26.0. The summed E-state index contributed by atoms with van der Waals surface area (Å²) < 4.78 is 30.5. The topological polar surface area (TPSA) is 95.9 Å². The Morgan fingerprint density at radius 1 is 0.964 bits per heavy atom. The highest BCUT2D eigenvalue weighted by molar-refractivity contribution is 7.92. The van der Waals surface area contributed by atoms with Gasteiger partial charge in [0, 0.05) is 31.7 Å². The molecular formula is C47H70N2O5S. The zero-order valence-electron chi connectivity index (χ0n) is 35.0. The molecule has 5 saturated carbocycles. The second-order valence-electron chi connectivity index (χ2n) is 20.8. The van der Waals surface area contributed by atoms with E-state index in [1.807, 2.05) is 12.1 Å². The van der Waals surface area contributed by atoms with Crippen LogP contribution in [0.25, 0.3) is 5.57 Å². The lowest BCUT2D eigenvalue weighted by atomic mass is 9.33. The maximum atomic E-state index is 12.8. The zero-order chi connectivity index (χ0) is 39.3. The maximum Gasteiger partial charge on any atom is 0.337 e. The van der Waals surface area contributed by atoms with Crippen molar-refractivity contribution in [1.82, 2.24) is 10.2 Å². The molecule has 1 aromatic carbocycles. The average molecular weight is 775 g/mol. The van der Waals surface area contributed by atoms with E-state index in [2.05, 4.69) is 76.5 Å². The van der Waals surface area contributed by atoms with Gasteiger partial charge in [-0.15, -0.1) is 0 Å². The number of ether oxygens (including phenoxy) is 1. The van der Waals surface area contributed by atoms with E-state index >= 15 is 0 Å². The molecule has 1 aromatic rings. The van der Waals surface area contributed by atoms with Gasteiger partial charge in [0.15, 0.2) is 9.84 Å². The van der Waals surface area contributed by atoms with Gasteiger partial charge in [-0.3, -0.25) is 4.90 Å². The van der Waals surface area contributed by atoms with Gasteiger partial charge < -0.3 is 15.2 Å². The largest absolute Gasteiger partial charge is 0.465 e. The zero-order valence-corrected chi connectivity index (χ0v) is 35.8. The lowest BCUT2D eigenvalue weighted by Gasteiger charge is -2.73. The summed E-state index contributed by atoms with van der Waals surface area (Å²) in [6.45, 7) is 22.9. The minimum atomic E-state index is -2.97. The fourth-order valence-electron chi connectivity index (χ4n) is 15.7. The van der Waals surface area contributed by atoms with Crippen molar-refractivity contribution in [3.05, 3.63) is 53.6 Å². The number of sulfone groups is 1. The SMILES string of the molecule is C=C(C)[C@@H]1CC[C@]2(N(CCO)CCNC[C@@H]3C4CC4CS3(=O)=O)CC[C@]3(C)[C@H](CC[C@@H]4[C@@]5(C)CC=C(c6ccc(C(=O)OC)cc6)C(C)(C)[C@@H]5CC[C@]43C)[C@@H]12. The standard InChI is InChI=1S/C47H70N2O5S/c1-30(2)34-15-20-47(49(25-26-50)24-23-48-28-38-35-27-33(35)29-55(38,52)53)22-21-45(6)37(41(34)47)13-14-40-44(5)18-16-36(31-9-11-32(12-10-31)42(51)54-8)43(3,4)39(44)17-19-46(40,45)7/h9-12,16,33-35,37-41,48,50H,1,13-15,17-29H2,2-8H3/t33?,34-,35?,37+,38+,39-,40+,41+,44-,45+,46+,47-/m0/s1. The molecule has 7 aliphatic rings. The number of rotatable bonds is 11. The number of carbonyl (C=O) groups excluding carboxylic acids is 1. The Morgan fingerprint density at radius 3 is 2.36 bits per heavy atom. The summed E-state index contributed by atoms with van der Waals surface area (Å²) in [5, 5.41) is 13.9. The summed E-state index contributed by atoms with van der Waals surface area (Å²) in [7, 11) is -1.53. The lowest BCUT2D eigenvalue weighted by Crippen LogP contribution is -2.68.